The van der Waals surface area contributed by atoms with Gasteiger partial charge in [0.15, 0.2) is 0 Å². The summed E-state index contributed by atoms with van der Waals surface area (Å²) in [5.74, 6) is -1.69. The highest BCUT2D eigenvalue weighted by Gasteiger charge is 2.37. The Balaban J connectivity index is 2.08. The molecule has 0 aliphatic rings. The molecule has 1 amide bonds. The minimum absolute atomic E-state index is 0.0446. The molecule has 0 aliphatic carbocycles. The lowest BCUT2D eigenvalue weighted by Gasteiger charge is -2.15. The van der Waals surface area contributed by atoms with Gasteiger partial charge in [-0.05, 0) is 49.4 Å². The predicted octanol–water partition coefficient (Wildman–Crippen LogP) is 5.97. The van der Waals surface area contributed by atoms with Crippen molar-refractivity contribution in [2.75, 3.05) is 5.32 Å². The standard InChI is InChI=1S/C19H11F7N2O/c1-9-4-15(14-8-12(20)2-3-16(14)27-9)17(29)28-13-6-10(18(21,22)23)5-11(7-13)19(24,25)26/h2-8H,1H3,(H,28,29). The van der Waals surface area contributed by atoms with E-state index in [1.54, 1.807) is 0 Å². The molecule has 2 aromatic carbocycles. The van der Waals surface area contributed by atoms with Crippen molar-refractivity contribution in [1.29, 1.82) is 0 Å². The van der Waals surface area contributed by atoms with E-state index in [0.717, 1.165) is 12.1 Å². The van der Waals surface area contributed by atoms with E-state index in [1.165, 1.54) is 19.1 Å². The topological polar surface area (TPSA) is 42.0 Å². The first-order valence-corrected chi connectivity index (χ1v) is 8.02. The lowest BCUT2D eigenvalue weighted by molar-refractivity contribution is -0.143. The highest BCUT2D eigenvalue weighted by Crippen LogP contribution is 2.37. The maximum Gasteiger partial charge on any atom is 0.416 e. The summed E-state index contributed by atoms with van der Waals surface area (Å²) in [7, 11) is 0. The number of carbonyl (C=O) groups is 1. The molecule has 3 aromatic rings. The van der Waals surface area contributed by atoms with Crippen LogP contribution in [0, 0.1) is 12.7 Å². The third-order valence-corrected chi connectivity index (χ3v) is 3.99. The van der Waals surface area contributed by atoms with Gasteiger partial charge in [-0.2, -0.15) is 26.3 Å². The first-order chi connectivity index (χ1) is 13.3. The summed E-state index contributed by atoms with van der Waals surface area (Å²) in [5, 5.41) is 2.10. The molecule has 0 saturated carbocycles. The number of rotatable bonds is 2. The van der Waals surface area contributed by atoms with Crippen LogP contribution in [-0.2, 0) is 12.4 Å². The average molecular weight is 416 g/mol. The molecule has 1 aromatic heterocycles. The van der Waals surface area contributed by atoms with Crippen LogP contribution < -0.4 is 5.32 Å². The SMILES string of the molecule is Cc1cc(C(=O)Nc2cc(C(F)(F)F)cc(C(F)(F)F)c2)c2cc(F)ccc2n1. The Bertz CT molecular complexity index is 1070. The van der Waals surface area contributed by atoms with Gasteiger partial charge < -0.3 is 5.32 Å². The first-order valence-electron chi connectivity index (χ1n) is 8.02. The molecule has 10 heteroatoms. The van der Waals surface area contributed by atoms with E-state index in [2.05, 4.69) is 4.98 Å². The van der Waals surface area contributed by atoms with Gasteiger partial charge in [0, 0.05) is 16.8 Å². The van der Waals surface area contributed by atoms with E-state index in [-0.39, 0.29) is 22.5 Å². The van der Waals surface area contributed by atoms with Crippen LogP contribution in [0.5, 0.6) is 0 Å². The van der Waals surface area contributed by atoms with Gasteiger partial charge in [-0.15, -0.1) is 0 Å². The Morgan fingerprint density at radius 1 is 0.897 bits per heavy atom. The molecule has 3 rings (SSSR count). The fourth-order valence-corrected chi connectivity index (χ4v) is 2.74. The van der Waals surface area contributed by atoms with E-state index in [4.69, 9.17) is 0 Å². The fraction of sp³-hybridized carbons (Fsp3) is 0.158. The number of aryl methyl sites for hydroxylation is 1. The molecule has 0 atom stereocenters. The van der Waals surface area contributed by atoms with Crippen molar-refractivity contribution in [3.63, 3.8) is 0 Å². The first kappa shape index (κ1) is 20.6. The van der Waals surface area contributed by atoms with E-state index >= 15 is 0 Å². The number of pyridine rings is 1. The van der Waals surface area contributed by atoms with E-state index in [1.807, 2.05) is 5.32 Å². The van der Waals surface area contributed by atoms with Crippen molar-refractivity contribution >= 4 is 22.5 Å². The Labute approximate surface area is 159 Å². The summed E-state index contributed by atoms with van der Waals surface area (Å²) < 4.78 is 91.4. The summed E-state index contributed by atoms with van der Waals surface area (Å²) in [4.78, 5) is 16.7. The number of benzene rings is 2. The van der Waals surface area contributed by atoms with Crippen molar-refractivity contribution in [3.05, 3.63) is 70.7 Å². The number of amides is 1. The summed E-state index contributed by atoms with van der Waals surface area (Å²) in [6, 6.07) is 5.42. The van der Waals surface area contributed by atoms with Crippen LogP contribution in [0.3, 0.4) is 0 Å². The molecule has 0 fully saturated rings. The number of nitrogens with zero attached hydrogens (tertiary/aromatic N) is 1. The maximum absolute atomic E-state index is 13.6. The largest absolute Gasteiger partial charge is 0.416 e. The van der Waals surface area contributed by atoms with Crippen LogP contribution in [0.2, 0.25) is 0 Å². The predicted molar refractivity (Wildman–Crippen MR) is 90.8 cm³/mol. The molecule has 0 aliphatic heterocycles. The van der Waals surface area contributed by atoms with Gasteiger partial charge in [-0.25, -0.2) is 4.39 Å². The van der Waals surface area contributed by atoms with Gasteiger partial charge in [0.05, 0.1) is 22.2 Å². The molecule has 152 valence electrons. The van der Waals surface area contributed by atoms with Crippen LogP contribution in [0.1, 0.15) is 27.2 Å². The van der Waals surface area contributed by atoms with Crippen molar-refractivity contribution in [1.82, 2.24) is 4.98 Å². The molecule has 0 bridgehead atoms. The molecular formula is C19H11F7N2O. The number of anilines is 1. The van der Waals surface area contributed by atoms with Crippen LogP contribution in [0.4, 0.5) is 36.4 Å². The van der Waals surface area contributed by atoms with E-state index in [0.29, 0.717) is 17.8 Å². The third kappa shape index (κ3) is 4.47. The molecule has 0 spiro atoms. The second-order valence-corrected chi connectivity index (χ2v) is 6.22. The lowest BCUT2D eigenvalue weighted by Crippen LogP contribution is -2.16. The van der Waals surface area contributed by atoms with Gasteiger partial charge in [0.25, 0.3) is 5.91 Å². The number of hydrogen-bond acceptors (Lipinski definition) is 2. The van der Waals surface area contributed by atoms with Crippen LogP contribution in [-0.4, -0.2) is 10.9 Å². The molecule has 1 heterocycles. The van der Waals surface area contributed by atoms with Gasteiger partial charge >= 0.3 is 12.4 Å². The van der Waals surface area contributed by atoms with Gasteiger partial charge in [0.2, 0.25) is 0 Å². The number of alkyl halides is 6. The summed E-state index contributed by atoms with van der Waals surface area (Å²) in [6.07, 6.45) is -10.1. The molecule has 1 N–H and O–H groups in total. The monoisotopic (exact) mass is 416 g/mol. The zero-order valence-corrected chi connectivity index (χ0v) is 14.5. The normalized spacial score (nSPS) is 12.3. The number of halogens is 7. The lowest BCUT2D eigenvalue weighted by atomic mass is 10.1. The van der Waals surface area contributed by atoms with Crippen LogP contribution in [0.15, 0.2) is 42.5 Å². The average Bonchev–Trinajstić information content (AvgIpc) is 2.59. The summed E-state index contributed by atoms with van der Waals surface area (Å²) in [5.41, 5.74) is -3.37. The molecule has 29 heavy (non-hydrogen) atoms. The number of hydrogen-bond donors (Lipinski definition) is 1. The van der Waals surface area contributed by atoms with Crippen molar-refractivity contribution < 1.29 is 35.5 Å². The Hall–Kier alpha value is -3.17. The second-order valence-electron chi connectivity index (χ2n) is 6.22. The summed E-state index contributed by atoms with van der Waals surface area (Å²) >= 11 is 0. The zero-order valence-electron chi connectivity index (χ0n) is 14.5. The Morgan fingerprint density at radius 3 is 2.03 bits per heavy atom. The van der Waals surface area contributed by atoms with Gasteiger partial charge in [-0.3, -0.25) is 9.78 Å². The fourth-order valence-electron chi connectivity index (χ4n) is 2.74. The van der Waals surface area contributed by atoms with E-state index < -0.39 is 40.9 Å². The van der Waals surface area contributed by atoms with Crippen molar-refractivity contribution in [2.24, 2.45) is 0 Å². The summed E-state index contributed by atoms with van der Waals surface area (Å²) in [6.45, 7) is 1.53. The number of carbonyl (C=O) groups excluding carboxylic acids is 1. The quantitative estimate of drug-likeness (QED) is 0.523. The highest BCUT2D eigenvalue weighted by molar-refractivity contribution is 6.12. The van der Waals surface area contributed by atoms with Crippen molar-refractivity contribution in [3.8, 4) is 0 Å². The third-order valence-electron chi connectivity index (χ3n) is 3.99. The van der Waals surface area contributed by atoms with E-state index in [9.17, 15) is 35.5 Å². The smallest absolute Gasteiger partial charge is 0.322 e. The Kier molecular flexibility index (Phi) is 4.97. The molecule has 3 nitrogen and oxygen atoms in total. The minimum atomic E-state index is -5.05. The Morgan fingerprint density at radius 2 is 1.48 bits per heavy atom. The number of aromatic nitrogens is 1. The molecule has 0 saturated heterocycles. The van der Waals surface area contributed by atoms with Crippen LogP contribution in [0.25, 0.3) is 10.9 Å². The minimum Gasteiger partial charge on any atom is -0.322 e. The number of nitrogens with one attached hydrogen (secondary N) is 1. The molecule has 0 radical (unpaired) electrons. The van der Waals surface area contributed by atoms with Crippen molar-refractivity contribution in [2.45, 2.75) is 19.3 Å². The van der Waals surface area contributed by atoms with Crippen LogP contribution >= 0.6 is 0 Å². The van der Waals surface area contributed by atoms with Gasteiger partial charge in [0.1, 0.15) is 5.82 Å². The highest BCUT2D eigenvalue weighted by atomic mass is 19.4. The van der Waals surface area contributed by atoms with Gasteiger partial charge in [-0.1, -0.05) is 0 Å². The number of fused-ring (bicyclic) bond motifs is 1. The second kappa shape index (κ2) is 7.02. The molecule has 0 unspecified atom stereocenters. The maximum atomic E-state index is 13.6. The zero-order chi connectivity index (χ0) is 21.6. The molecular weight excluding hydrogens is 405 g/mol.